The van der Waals surface area contributed by atoms with E-state index in [9.17, 15) is 0 Å². The van der Waals surface area contributed by atoms with Crippen LogP contribution in [0.25, 0.3) is 67.3 Å². The highest BCUT2D eigenvalue weighted by Gasteiger charge is 2.52. The Labute approximate surface area is 286 Å². The number of hydrogen-bond donors (Lipinski definition) is 0. The SMILES string of the molecule is c1ccc(-c2cc(-c3ccccc3-c3ccccc3)nc(-c3cccc4c3-c3ccccc3C43c4ccccc4-c4ccccc43)n2)cc1. The van der Waals surface area contributed by atoms with Crippen molar-refractivity contribution in [1.82, 2.24) is 9.97 Å². The third-order valence-corrected chi connectivity index (χ3v) is 10.3. The zero-order chi connectivity index (χ0) is 32.4. The van der Waals surface area contributed by atoms with E-state index in [4.69, 9.17) is 9.97 Å². The molecule has 2 aliphatic carbocycles. The van der Waals surface area contributed by atoms with Gasteiger partial charge in [0, 0.05) is 16.7 Å². The van der Waals surface area contributed by atoms with E-state index >= 15 is 0 Å². The van der Waals surface area contributed by atoms with Crippen LogP contribution in [-0.2, 0) is 5.41 Å². The third kappa shape index (κ3) is 4.01. The largest absolute Gasteiger partial charge is 0.228 e. The molecule has 8 aromatic rings. The molecule has 228 valence electrons. The lowest BCUT2D eigenvalue weighted by molar-refractivity contribution is 0.794. The molecule has 0 atom stereocenters. The Balaban J connectivity index is 1.27. The zero-order valence-electron chi connectivity index (χ0n) is 26.7. The highest BCUT2D eigenvalue weighted by Crippen LogP contribution is 2.63. The fraction of sp³-hybridized carbons (Fsp3) is 0.0213. The summed E-state index contributed by atoms with van der Waals surface area (Å²) >= 11 is 0. The van der Waals surface area contributed by atoms with Gasteiger partial charge in [0.1, 0.15) is 0 Å². The van der Waals surface area contributed by atoms with Gasteiger partial charge in [-0.25, -0.2) is 9.97 Å². The Hall–Kier alpha value is -6.38. The first kappa shape index (κ1) is 27.7. The summed E-state index contributed by atoms with van der Waals surface area (Å²) in [5.74, 6) is 0.725. The minimum Gasteiger partial charge on any atom is -0.228 e. The van der Waals surface area contributed by atoms with Gasteiger partial charge in [-0.3, -0.25) is 0 Å². The van der Waals surface area contributed by atoms with Crippen LogP contribution in [0.3, 0.4) is 0 Å². The third-order valence-electron chi connectivity index (χ3n) is 10.3. The van der Waals surface area contributed by atoms with Gasteiger partial charge >= 0.3 is 0 Å². The van der Waals surface area contributed by atoms with E-state index in [0.29, 0.717) is 0 Å². The van der Waals surface area contributed by atoms with E-state index in [2.05, 4.69) is 182 Å². The maximum Gasteiger partial charge on any atom is 0.161 e. The minimum absolute atomic E-state index is 0.422. The first-order valence-corrected chi connectivity index (χ1v) is 16.8. The lowest BCUT2D eigenvalue weighted by Crippen LogP contribution is -2.25. The zero-order valence-corrected chi connectivity index (χ0v) is 26.7. The Morgan fingerprint density at radius 3 is 1.41 bits per heavy atom. The normalized spacial score (nSPS) is 13.1. The molecule has 0 fully saturated rings. The Morgan fingerprint density at radius 1 is 0.306 bits per heavy atom. The van der Waals surface area contributed by atoms with Crippen LogP contribution in [0.15, 0.2) is 182 Å². The molecule has 0 saturated heterocycles. The summed E-state index contributed by atoms with van der Waals surface area (Å²) < 4.78 is 0. The van der Waals surface area contributed by atoms with Crippen LogP contribution in [0, 0.1) is 0 Å². The van der Waals surface area contributed by atoms with Crippen molar-refractivity contribution in [3.8, 4) is 67.3 Å². The molecular formula is C47H30N2. The molecule has 2 nitrogen and oxygen atoms in total. The topological polar surface area (TPSA) is 25.8 Å². The molecule has 1 spiro atoms. The standard InChI is InChI=1S/C47H30N2/c1-3-16-31(17-4-1)33-20-7-8-23-36(33)44-30-43(32-18-5-2-6-19-32)48-46(49-44)38-25-15-29-42-45(38)37-24-11-14-28-41(37)47(42)39-26-12-9-21-34(39)35-22-10-13-27-40(35)47/h1-30H. The summed E-state index contributed by atoms with van der Waals surface area (Å²) in [7, 11) is 0. The van der Waals surface area contributed by atoms with Crippen molar-refractivity contribution in [3.63, 3.8) is 0 Å². The van der Waals surface area contributed by atoms with Gasteiger partial charge < -0.3 is 0 Å². The lowest BCUT2D eigenvalue weighted by atomic mass is 9.70. The molecule has 49 heavy (non-hydrogen) atoms. The van der Waals surface area contributed by atoms with Crippen molar-refractivity contribution >= 4 is 0 Å². The van der Waals surface area contributed by atoms with Gasteiger partial charge in [-0.15, -0.1) is 0 Å². The van der Waals surface area contributed by atoms with E-state index in [-0.39, 0.29) is 0 Å². The fourth-order valence-electron chi connectivity index (χ4n) is 8.37. The maximum absolute atomic E-state index is 5.43. The molecule has 1 aromatic heterocycles. The molecule has 2 heteroatoms. The first-order chi connectivity index (χ1) is 24.3. The van der Waals surface area contributed by atoms with E-state index in [0.717, 1.165) is 45.0 Å². The second-order valence-electron chi connectivity index (χ2n) is 12.9. The van der Waals surface area contributed by atoms with E-state index in [1.165, 1.54) is 44.5 Å². The first-order valence-electron chi connectivity index (χ1n) is 16.8. The van der Waals surface area contributed by atoms with Crippen molar-refractivity contribution in [3.05, 3.63) is 204 Å². The molecule has 0 radical (unpaired) electrons. The van der Waals surface area contributed by atoms with Crippen LogP contribution in [0.1, 0.15) is 22.3 Å². The molecule has 0 saturated carbocycles. The minimum atomic E-state index is -0.422. The second kappa shape index (κ2) is 10.8. The van der Waals surface area contributed by atoms with Gasteiger partial charge in [0.25, 0.3) is 0 Å². The van der Waals surface area contributed by atoms with Crippen LogP contribution in [-0.4, -0.2) is 9.97 Å². The molecule has 0 unspecified atom stereocenters. The van der Waals surface area contributed by atoms with Gasteiger partial charge in [-0.1, -0.05) is 176 Å². The summed E-state index contributed by atoms with van der Waals surface area (Å²) in [4.78, 5) is 10.8. The summed E-state index contributed by atoms with van der Waals surface area (Å²) in [5.41, 5.74) is 17.2. The molecule has 10 rings (SSSR count). The average Bonchev–Trinajstić information content (AvgIpc) is 3.66. The fourth-order valence-corrected chi connectivity index (χ4v) is 8.37. The Kier molecular flexibility index (Phi) is 6.13. The summed E-state index contributed by atoms with van der Waals surface area (Å²) in [6.07, 6.45) is 0. The molecular weight excluding hydrogens is 593 g/mol. The number of benzene rings is 7. The van der Waals surface area contributed by atoms with Crippen LogP contribution < -0.4 is 0 Å². The van der Waals surface area contributed by atoms with Crippen LogP contribution in [0.2, 0.25) is 0 Å². The number of hydrogen-bond acceptors (Lipinski definition) is 2. The second-order valence-corrected chi connectivity index (χ2v) is 12.9. The molecule has 0 amide bonds. The molecule has 0 bridgehead atoms. The maximum atomic E-state index is 5.43. The molecule has 2 aliphatic rings. The lowest BCUT2D eigenvalue weighted by Gasteiger charge is -2.30. The number of aromatic nitrogens is 2. The summed E-state index contributed by atoms with van der Waals surface area (Å²) in [5, 5.41) is 0. The van der Waals surface area contributed by atoms with Crippen molar-refractivity contribution in [1.29, 1.82) is 0 Å². The van der Waals surface area contributed by atoms with Crippen molar-refractivity contribution in [2.45, 2.75) is 5.41 Å². The number of nitrogens with zero attached hydrogens (tertiary/aromatic N) is 2. The van der Waals surface area contributed by atoms with Gasteiger partial charge in [-0.05, 0) is 61.7 Å². The van der Waals surface area contributed by atoms with E-state index < -0.39 is 5.41 Å². The highest BCUT2D eigenvalue weighted by molar-refractivity contribution is 5.99. The average molecular weight is 623 g/mol. The summed E-state index contributed by atoms with van der Waals surface area (Å²) in [6, 6.07) is 65.3. The van der Waals surface area contributed by atoms with Crippen molar-refractivity contribution in [2.75, 3.05) is 0 Å². The van der Waals surface area contributed by atoms with Gasteiger partial charge in [0.15, 0.2) is 5.82 Å². The van der Waals surface area contributed by atoms with Gasteiger partial charge in [0.05, 0.1) is 16.8 Å². The monoisotopic (exact) mass is 622 g/mol. The van der Waals surface area contributed by atoms with Crippen LogP contribution in [0.4, 0.5) is 0 Å². The van der Waals surface area contributed by atoms with Crippen LogP contribution >= 0.6 is 0 Å². The van der Waals surface area contributed by atoms with Crippen LogP contribution in [0.5, 0.6) is 0 Å². The molecule has 1 heterocycles. The smallest absolute Gasteiger partial charge is 0.161 e. The highest BCUT2D eigenvalue weighted by atomic mass is 14.9. The molecule has 7 aromatic carbocycles. The Morgan fingerprint density at radius 2 is 0.755 bits per heavy atom. The van der Waals surface area contributed by atoms with Crippen molar-refractivity contribution < 1.29 is 0 Å². The quantitative estimate of drug-likeness (QED) is 0.195. The molecule has 0 aliphatic heterocycles. The van der Waals surface area contributed by atoms with E-state index in [1.807, 2.05) is 0 Å². The predicted octanol–water partition coefficient (Wildman–Crippen LogP) is 11.5. The molecule has 0 N–H and O–H groups in total. The number of fused-ring (bicyclic) bond motifs is 10. The number of rotatable bonds is 4. The summed E-state index contributed by atoms with van der Waals surface area (Å²) in [6.45, 7) is 0. The van der Waals surface area contributed by atoms with Crippen molar-refractivity contribution in [2.24, 2.45) is 0 Å². The van der Waals surface area contributed by atoms with Gasteiger partial charge in [0.2, 0.25) is 0 Å². The predicted molar refractivity (Wildman–Crippen MR) is 200 cm³/mol. The Bertz CT molecular complexity index is 2500. The van der Waals surface area contributed by atoms with E-state index in [1.54, 1.807) is 0 Å². The van der Waals surface area contributed by atoms with Gasteiger partial charge in [-0.2, -0.15) is 0 Å².